The molecule has 1 aromatic heterocycles. The normalized spacial score (nSPS) is 21.4. The number of carbonyl (C=O) groups is 1. The van der Waals surface area contributed by atoms with Crippen LogP contribution in [0.1, 0.15) is 16.9 Å². The molecule has 0 radical (unpaired) electrons. The molecule has 1 saturated heterocycles. The smallest absolute Gasteiger partial charge is 0.271 e. The van der Waals surface area contributed by atoms with E-state index in [1.165, 1.54) is 0 Å². The number of halogens is 1. The molecule has 2 aromatic rings. The molecule has 0 unspecified atom stereocenters. The number of nitrogens with zero attached hydrogens (tertiary/aromatic N) is 2. The minimum absolute atomic E-state index is 0.0546. The first kappa shape index (κ1) is 16.2. The fourth-order valence-corrected chi connectivity index (χ4v) is 3.01. The second kappa shape index (κ2) is 6.82. The molecule has 3 N–H and O–H groups in total. The van der Waals surface area contributed by atoms with E-state index >= 15 is 0 Å². The predicted octanol–water partition coefficient (Wildman–Crippen LogP) is 1.65. The number of amides is 1. The average Bonchev–Trinajstić information content (AvgIpc) is 3.04. The van der Waals surface area contributed by atoms with E-state index in [0.29, 0.717) is 24.4 Å². The fraction of sp³-hybridized carbons (Fsp3) is 0.375. The lowest BCUT2D eigenvalue weighted by Gasteiger charge is -2.34. The Morgan fingerprint density at radius 1 is 1.39 bits per heavy atom. The monoisotopic (exact) mass is 379 g/mol. The number of aliphatic hydroxyl groups excluding tert-OH is 2. The van der Waals surface area contributed by atoms with Crippen LogP contribution in [0.2, 0.25) is 0 Å². The van der Waals surface area contributed by atoms with Gasteiger partial charge in [0.05, 0.1) is 11.8 Å². The molecule has 3 rings (SSSR count). The number of rotatable bonds is 3. The molecule has 0 spiro atoms. The van der Waals surface area contributed by atoms with Crippen molar-refractivity contribution in [2.24, 2.45) is 5.92 Å². The van der Waals surface area contributed by atoms with Crippen molar-refractivity contribution in [3.8, 4) is 11.3 Å². The highest BCUT2D eigenvalue weighted by Gasteiger charge is 2.30. The van der Waals surface area contributed by atoms with Gasteiger partial charge in [-0.2, -0.15) is 5.10 Å². The van der Waals surface area contributed by atoms with Crippen LogP contribution in [0.15, 0.2) is 34.8 Å². The van der Waals surface area contributed by atoms with Gasteiger partial charge in [0.25, 0.3) is 5.91 Å². The Kier molecular flexibility index (Phi) is 4.79. The van der Waals surface area contributed by atoms with Crippen LogP contribution in [0.3, 0.4) is 0 Å². The van der Waals surface area contributed by atoms with Crippen molar-refractivity contribution in [3.63, 3.8) is 0 Å². The minimum atomic E-state index is -0.688. The Balaban J connectivity index is 1.73. The van der Waals surface area contributed by atoms with Crippen molar-refractivity contribution in [1.29, 1.82) is 0 Å². The Morgan fingerprint density at radius 3 is 2.78 bits per heavy atom. The van der Waals surface area contributed by atoms with Crippen molar-refractivity contribution < 1.29 is 15.0 Å². The summed E-state index contributed by atoms with van der Waals surface area (Å²) in [6.45, 7) is 0.700. The third-order valence-corrected chi connectivity index (χ3v) is 4.72. The number of β-amino-alcohol motifs (C(OH)–C–C–N with tert-alkyl or cyclic N) is 1. The molecule has 0 bridgehead atoms. The third-order valence-electron chi connectivity index (χ3n) is 4.19. The lowest BCUT2D eigenvalue weighted by Crippen LogP contribution is -2.47. The number of hydrogen-bond acceptors (Lipinski definition) is 4. The van der Waals surface area contributed by atoms with Gasteiger partial charge in [0.15, 0.2) is 0 Å². The first-order valence-electron chi connectivity index (χ1n) is 7.48. The van der Waals surface area contributed by atoms with Gasteiger partial charge in [0.2, 0.25) is 0 Å². The summed E-state index contributed by atoms with van der Waals surface area (Å²) < 4.78 is 0.980. The topological polar surface area (TPSA) is 89.5 Å². The van der Waals surface area contributed by atoms with E-state index in [1.807, 2.05) is 24.3 Å². The van der Waals surface area contributed by atoms with Crippen molar-refractivity contribution in [2.45, 2.75) is 12.5 Å². The number of hydrogen-bond donors (Lipinski definition) is 3. The molecule has 2 heterocycles. The maximum Gasteiger partial charge on any atom is 0.271 e. The molecule has 122 valence electrons. The van der Waals surface area contributed by atoms with Crippen molar-refractivity contribution in [2.75, 3.05) is 19.7 Å². The molecule has 1 aliphatic rings. The average molecular weight is 380 g/mol. The van der Waals surface area contributed by atoms with Crippen molar-refractivity contribution in [3.05, 3.63) is 40.5 Å². The summed E-state index contributed by atoms with van der Waals surface area (Å²) in [5.74, 6) is -0.338. The maximum absolute atomic E-state index is 12.5. The molecular formula is C16H18BrN3O3. The largest absolute Gasteiger partial charge is 0.396 e. The zero-order valence-electron chi connectivity index (χ0n) is 12.4. The molecule has 6 nitrogen and oxygen atoms in total. The second-order valence-corrected chi connectivity index (χ2v) is 6.64. The summed E-state index contributed by atoms with van der Waals surface area (Å²) in [5, 5.41) is 26.1. The number of benzene rings is 1. The molecule has 2 atom stereocenters. The number of H-pyrrole nitrogens is 1. The maximum atomic E-state index is 12.5. The van der Waals surface area contributed by atoms with Crippen molar-refractivity contribution >= 4 is 21.8 Å². The van der Waals surface area contributed by atoms with E-state index in [0.717, 1.165) is 10.0 Å². The van der Waals surface area contributed by atoms with Gasteiger partial charge in [-0.1, -0.05) is 28.1 Å². The summed E-state index contributed by atoms with van der Waals surface area (Å²) in [6, 6.07) is 9.40. The second-order valence-electron chi connectivity index (χ2n) is 5.72. The molecule has 1 aliphatic heterocycles. The summed E-state index contributed by atoms with van der Waals surface area (Å²) >= 11 is 3.38. The number of aromatic amines is 1. The first-order chi connectivity index (χ1) is 11.1. The highest BCUT2D eigenvalue weighted by molar-refractivity contribution is 9.10. The molecule has 1 amide bonds. The number of likely N-dealkylation sites (tertiary alicyclic amines) is 1. The van der Waals surface area contributed by atoms with Crippen LogP contribution < -0.4 is 0 Å². The standard InChI is InChI=1S/C16H18BrN3O3/c17-12-3-1-10(2-4-12)13-7-14(19-18-13)16(23)20-6-5-11(9-21)15(22)8-20/h1-4,7,11,15,21-22H,5-6,8-9H2,(H,18,19)/t11-,15-/m1/s1. The first-order valence-corrected chi connectivity index (χ1v) is 8.27. The van der Waals surface area contributed by atoms with Crippen molar-refractivity contribution in [1.82, 2.24) is 15.1 Å². The van der Waals surface area contributed by atoms with Gasteiger partial charge < -0.3 is 15.1 Å². The van der Waals surface area contributed by atoms with E-state index in [9.17, 15) is 9.90 Å². The quantitative estimate of drug-likeness (QED) is 0.756. The Bertz CT molecular complexity index is 686. The lowest BCUT2D eigenvalue weighted by molar-refractivity contribution is 0.000657. The van der Waals surface area contributed by atoms with E-state index in [2.05, 4.69) is 26.1 Å². The van der Waals surface area contributed by atoms with Crippen LogP contribution in [0.25, 0.3) is 11.3 Å². The number of aliphatic hydroxyl groups is 2. The van der Waals surface area contributed by atoms with Gasteiger partial charge in [-0.3, -0.25) is 9.89 Å². The van der Waals surface area contributed by atoms with E-state index < -0.39 is 6.10 Å². The molecule has 7 heteroatoms. The van der Waals surface area contributed by atoms with Crippen LogP contribution in [-0.2, 0) is 0 Å². The highest BCUT2D eigenvalue weighted by atomic mass is 79.9. The van der Waals surface area contributed by atoms with Crippen LogP contribution in [-0.4, -0.2) is 57.0 Å². The van der Waals surface area contributed by atoms with Gasteiger partial charge in [0, 0.05) is 35.7 Å². The van der Waals surface area contributed by atoms with Gasteiger partial charge in [0.1, 0.15) is 5.69 Å². The summed E-state index contributed by atoms with van der Waals surface area (Å²) in [5.41, 5.74) is 2.02. The predicted molar refractivity (Wildman–Crippen MR) is 88.8 cm³/mol. The van der Waals surface area contributed by atoms with E-state index in [1.54, 1.807) is 11.0 Å². The van der Waals surface area contributed by atoms with Gasteiger partial charge in [-0.15, -0.1) is 0 Å². The van der Waals surface area contributed by atoms with Crippen LogP contribution in [0.5, 0.6) is 0 Å². The van der Waals surface area contributed by atoms with Crippen LogP contribution >= 0.6 is 15.9 Å². The Hall–Kier alpha value is -1.70. The fourth-order valence-electron chi connectivity index (χ4n) is 2.75. The summed E-state index contributed by atoms with van der Waals surface area (Å²) in [6.07, 6.45) is -0.0940. The summed E-state index contributed by atoms with van der Waals surface area (Å²) in [7, 11) is 0. The van der Waals surface area contributed by atoms with E-state index in [-0.39, 0.29) is 25.0 Å². The minimum Gasteiger partial charge on any atom is -0.396 e. The highest BCUT2D eigenvalue weighted by Crippen LogP contribution is 2.22. The molecular weight excluding hydrogens is 362 g/mol. The molecule has 0 aliphatic carbocycles. The zero-order chi connectivity index (χ0) is 16.4. The number of piperidine rings is 1. The number of carbonyl (C=O) groups excluding carboxylic acids is 1. The molecule has 1 aromatic carbocycles. The zero-order valence-corrected chi connectivity index (χ0v) is 14.0. The Labute approximate surface area is 142 Å². The van der Waals surface area contributed by atoms with Gasteiger partial charge in [-0.25, -0.2) is 0 Å². The number of aromatic nitrogens is 2. The third kappa shape index (κ3) is 3.46. The SMILES string of the molecule is O=C(c1cc(-c2ccc(Br)cc2)n[nH]1)N1CC[C@H](CO)[C@H](O)C1. The van der Waals surface area contributed by atoms with Gasteiger partial charge >= 0.3 is 0 Å². The molecule has 23 heavy (non-hydrogen) atoms. The number of nitrogens with one attached hydrogen (secondary N) is 1. The molecule has 1 fully saturated rings. The Morgan fingerprint density at radius 2 is 2.13 bits per heavy atom. The van der Waals surface area contributed by atoms with Crippen LogP contribution in [0.4, 0.5) is 0 Å². The molecule has 0 saturated carbocycles. The van der Waals surface area contributed by atoms with Crippen LogP contribution in [0, 0.1) is 5.92 Å². The summed E-state index contributed by atoms with van der Waals surface area (Å²) in [4.78, 5) is 14.1. The van der Waals surface area contributed by atoms with E-state index in [4.69, 9.17) is 5.11 Å². The lowest BCUT2D eigenvalue weighted by atomic mass is 9.94. The van der Waals surface area contributed by atoms with Gasteiger partial charge in [-0.05, 0) is 24.6 Å².